The maximum absolute atomic E-state index is 12.0. The number of hydrogen-bond acceptors (Lipinski definition) is 7. The van der Waals surface area contributed by atoms with E-state index in [0.717, 1.165) is 11.1 Å². The van der Waals surface area contributed by atoms with Gasteiger partial charge in [-0.15, -0.1) is 0 Å². The Morgan fingerprint density at radius 2 is 1.04 bits per heavy atom. The van der Waals surface area contributed by atoms with E-state index in [9.17, 15) is 14.4 Å². The number of nitrogens with zero attached hydrogens (tertiary/aromatic N) is 2. The van der Waals surface area contributed by atoms with E-state index >= 15 is 0 Å². The first-order valence-corrected chi connectivity index (χ1v) is 8.47. The Bertz CT molecular complexity index is 856. The molecule has 0 unspecified atom stereocenters. The summed E-state index contributed by atoms with van der Waals surface area (Å²) in [5.41, 5.74) is 0.106. The lowest BCUT2D eigenvalue weighted by Crippen LogP contribution is -2.16. The van der Waals surface area contributed by atoms with Crippen molar-refractivity contribution in [2.45, 2.75) is 38.8 Å². The minimum absolute atomic E-state index is 0.290. The number of benzene rings is 2. The van der Waals surface area contributed by atoms with Crippen LogP contribution in [0.2, 0.25) is 0 Å². The molecule has 0 saturated heterocycles. The number of aliphatic imine (C=N–C) groups is 2. The van der Waals surface area contributed by atoms with Crippen LogP contribution in [0.15, 0.2) is 58.5 Å². The summed E-state index contributed by atoms with van der Waals surface area (Å²) in [7, 11) is 0. The Labute approximate surface area is 162 Å². The van der Waals surface area contributed by atoms with Gasteiger partial charge in [-0.2, -0.15) is 9.98 Å². The van der Waals surface area contributed by atoms with Gasteiger partial charge in [0.2, 0.25) is 12.2 Å². The van der Waals surface area contributed by atoms with Crippen molar-refractivity contribution in [3.05, 3.63) is 59.7 Å². The Hall–Kier alpha value is -3.53. The van der Waals surface area contributed by atoms with Crippen molar-refractivity contribution in [2.75, 3.05) is 0 Å². The first-order chi connectivity index (χ1) is 13.2. The van der Waals surface area contributed by atoms with Gasteiger partial charge in [-0.3, -0.25) is 0 Å². The van der Waals surface area contributed by atoms with E-state index in [2.05, 4.69) is 9.98 Å². The fourth-order valence-corrected chi connectivity index (χ4v) is 2.43. The van der Waals surface area contributed by atoms with Crippen LogP contribution in [-0.2, 0) is 20.7 Å². The minimum atomic E-state index is -0.893. The predicted molar refractivity (Wildman–Crippen MR) is 102 cm³/mol. The third-order valence-electron chi connectivity index (χ3n) is 4.17. The standard InChI is InChI=1S/C21H20N2O5/c1-20(2,22-13-24)15-5-9-17(10-6-15)27-19(26)28-18-11-7-16(8-12-18)21(3,4)23-14-25/h5-12H,1-4H3. The molecule has 2 aromatic carbocycles. The molecule has 0 atom stereocenters. The highest BCUT2D eigenvalue weighted by molar-refractivity contribution is 5.67. The molecule has 0 aliphatic heterocycles. The first-order valence-electron chi connectivity index (χ1n) is 8.47. The molecule has 28 heavy (non-hydrogen) atoms. The summed E-state index contributed by atoms with van der Waals surface area (Å²) in [4.78, 5) is 40.4. The maximum Gasteiger partial charge on any atom is 0.519 e. The lowest BCUT2D eigenvalue weighted by atomic mass is 9.95. The fraction of sp³-hybridized carbons (Fsp3) is 0.286. The molecule has 7 heteroatoms. The molecule has 0 bridgehead atoms. The van der Waals surface area contributed by atoms with Crippen molar-refractivity contribution < 1.29 is 23.9 Å². The lowest BCUT2D eigenvalue weighted by molar-refractivity contribution is 0.152. The van der Waals surface area contributed by atoms with Gasteiger partial charge in [0.15, 0.2) is 0 Å². The van der Waals surface area contributed by atoms with Crippen molar-refractivity contribution in [1.82, 2.24) is 0 Å². The van der Waals surface area contributed by atoms with Crippen molar-refractivity contribution >= 4 is 18.3 Å². The summed E-state index contributed by atoms with van der Waals surface area (Å²) in [6, 6.07) is 13.1. The highest BCUT2D eigenvalue weighted by atomic mass is 16.7. The zero-order chi connectivity index (χ0) is 20.8. The number of rotatable bonds is 6. The highest BCUT2D eigenvalue weighted by Gasteiger charge is 2.20. The summed E-state index contributed by atoms with van der Waals surface area (Å²) in [6.07, 6.45) is 2.20. The van der Waals surface area contributed by atoms with E-state index in [0.29, 0.717) is 0 Å². The van der Waals surface area contributed by atoms with Gasteiger partial charge in [-0.1, -0.05) is 24.3 Å². The summed E-state index contributed by atoms with van der Waals surface area (Å²) >= 11 is 0. The van der Waals surface area contributed by atoms with Crippen molar-refractivity contribution in [1.29, 1.82) is 0 Å². The molecular formula is C21H20N2O5. The first kappa shape index (κ1) is 20.8. The molecule has 0 aliphatic rings. The molecule has 0 aliphatic carbocycles. The summed E-state index contributed by atoms with van der Waals surface area (Å²) in [5.74, 6) is 0.579. The normalized spacial score (nSPS) is 11.0. The van der Waals surface area contributed by atoms with Gasteiger partial charge in [-0.05, 0) is 63.1 Å². The second kappa shape index (κ2) is 8.44. The van der Waals surface area contributed by atoms with E-state index < -0.39 is 17.2 Å². The van der Waals surface area contributed by atoms with Gasteiger partial charge >= 0.3 is 6.16 Å². The molecule has 0 spiro atoms. The molecule has 0 aromatic heterocycles. The molecule has 0 heterocycles. The Balaban J connectivity index is 2.02. The van der Waals surface area contributed by atoms with E-state index in [1.165, 1.54) is 0 Å². The van der Waals surface area contributed by atoms with Crippen LogP contribution in [0.3, 0.4) is 0 Å². The third kappa shape index (κ3) is 5.24. The lowest BCUT2D eigenvalue weighted by Gasteiger charge is -2.18. The Kier molecular flexibility index (Phi) is 6.26. The second-order valence-electron chi connectivity index (χ2n) is 7.03. The third-order valence-corrected chi connectivity index (χ3v) is 4.17. The van der Waals surface area contributed by atoms with E-state index in [1.54, 1.807) is 88.4 Å². The van der Waals surface area contributed by atoms with Gasteiger partial charge in [-0.25, -0.2) is 14.4 Å². The second-order valence-corrected chi connectivity index (χ2v) is 7.03. The number of carbonyl (C=O) groups excluding carboxylic acids is 3. The number of hydrogen-bond donors (Lipinski definition) is 0. The van der Waals surface area contributed by atoms with Gasteiger partial charge in [0.25, 0.3) is 0 Å². The van der Waals surface area contributed by atoms with Gasteiger partial charge in [0.1, 0.15) is 11.5 Å². The molecule has 144 valence electrons. The van der Waals surface area contributed by atoms with E-state index in [4.69, 9.17) is 9.47 Å². The number of isocyanates is 2. The quantitative estimate of drug-likeness (QED) is 0.320. The van der Waals surface area contributed by atoms with Crippen molar-refractivity contribution in [3.63, 3.8) is 0 Å². The number of ether oxygens (including phenoxy) is 2. The molecular weight excluding hydrogens is 360 g/mol. The van der Waals surface area contributed by atoms with Gasteiger partial charge < -0.3 is 9.47 Å². The summed E-state index contributed by atoms with van der Waals surface area (Å²) < 4.78 is 10.3. The average molecular weight is 380 g/mol. The van der Waals surface area contributed by atoms with Crippen LogP contribution < -0.4 is 9.47 Å². The molecule has 0 fully saturated rings. The van der Waals surface area contributed by atoms with E-state index in [1.807, 2.05) is 0 Å². The SMILES string of the molecule is CC(C)(N=C=O)c1ccc(OC(=O)Oc2ccc(C(C)(C)N=C=O)cc2)cc1. The molecule has 2 aromatic rings. The Morgan fingerprint density at radius 3 is 1.32 bits per heavy atom. The predicted octanol–water partition coefficient (Wildman–Crippen LogP) is 4.41. The van der Waals surface area contributed by atoms with Crippen LogP contribution in [0, 0.1) is 0 Å². The van der Waals surface area contributed by atoms with Crippen LogP contribution >= 0.6 is 0 Å². The van der Waals surface area contributed by atoms with Gasteiger partial charge in [0.05, 0.1) is 11.1 Å². The zero-order valence-corrected chi connectivity index (χ0v) is 16.1. The van der Waals surface area contributed by atoms with Crippen LogP contribution in [0.1, 0.15) is 38.8 Å². The molecule has 2 rings (SSSR count). The fourth-order valence-electron chi connectivity index (χ4n) is 2.43. The van der Waals surface area contributed by atoms with Crippen LogP contribution in [0.4, 0.5) is 4.79 Å². The Morgan fingerprint density at radius 1 is 0.714 bits per heavy atom. The number of carbonyl (C=O) groups is 1. The minimum Gasteiger partial charge on any atom is -0.395 e. The monoisotopic (exact) mass is 380 g/mol. The van der Waals surface area contributed by atoms with Crippen molar-refractivity contribution in [3.8, 4) is 11.5 Å². The molecule has 0 N–H and O–H groups in total. The topological polar surface area (TPSA) is 94.4 Å². The summed E-state index contributed by atoms with van der Waals surface area (Å²) in [6.45, 7) is 7.08. The zero-order valence-electron chi connectivity index (χ0n) is 16.1. The molecule has 7 nitrogen and oxygen atoms in total. The van der Waals surface area contributed by atoms with Crippen LogP contribution in [0.5, 0.6) is 11.5 Å². The van der Waals surface area contributed by atoms with Gasteiger partial charge in [0, 0.05) is 0 Å². The smallest absolute Gasteiger partial charge is 0.395 e. The molecule has 0 saturated carbocycles. The largest absolute Gasteiger partial charge is 0.519 e. The van der Waals surface area contributed by atoms with E-state index in [-0.39, 0.29) is 11.5 Å². The summed E-state index contributed by atoms with van der Waals surface area (Å²) in [5, 5.41) is 0. The molecule has 0 amide bonds. The van der Waals surface area contributed by atoms with Crippen LogP contribution in [0.25, 0.3) is 0 Å². The maximum atomic E-state index is 12.0. The highest BCUT2D eigenvalue weighted by Crippen LogP contribution is 2.27. The molecule has 0 radical (unpaired) electrons. The van der Waals surface area contributed by atoms with Crippen LogP contribution in [-0.4, -0.2) is 18.3 Å². The average Bonchev–Trinajstić information content (AvgIpc) is 2.62. The van der Waals surface area contributed by atoms with Crippen molar-refractivity contribution in [2.24, 2.45) is 9.98 Å².